The molecule has 1 rings (SSSR count). The maximum Gasteiger partial charge on any atom is 0.335 e. The number of aromatic carboxylic acids is 1. The SMILES string of the molecule is CCNCCCNC(=O)Nc1ccc(C(=O)O)cc1. The molecular formula is C13H19N3O3. The molecule has 2 amide bonds. The van der Waals surface area contributed by atoms with Crippen molar-refractivity contribution in [2.75, 3.05) is 25.0 Å². The number of rotatable bonds is 7. The Morgan fingerprint density at radius 2 is 1.84 bits per heavy atom. The molecule has 6 heteroatoms. The molecule has 0 radical (unpaired) electrons. The quantitative estimate of drug-likeness (QED) is 0.562. The Balaban J connectivity index is 2.30. The molecule has 0 aliphatic carbocycles. The Labute approximate surface area is 112 Å². The van der Waals surface area contributed by atoms with E-state index in [4.69, 9.17) is 5.11 Å². The van der Waals surface area contributed by atoms with Crippen LogP contribution in [-0.2, 0) is 0 Å². The van der Waals surface area contributed by atoms with E-state index in [0.717, 1.165) is 19.5 Å². The average Bonchev–Trinajstić information content (AvgIpc) is 2.39. The number of carbonyl (C=O) groups is 2. The summed E-state index contributed by atoms with van der Waals surface area (Å²) < 4.78 is 0. The minimum atomic E-state index is -0.987. The van der Waals surface area contributed by atoms with Crippen molar-refractivity contribution >= 4 is 17.7 Å². The van der Waals surface area contributed by atoms with Crippen molar-refractivity contribution in [1.29, 1.82) is 0 Å². The van der Waals surface area contributed by atoms with Gasteiger partial charge in [-0.15, -0.1) is 0 Å². The zero-order valence-electron chi connectivity index (χ0n) is 10.9. The van der Waals surface area contributed by atoms with Gasteiger partial charge in [-0.2, -0.15) is 0 Å². The number of carboxylic acid groups (broad SMARTS) is 1. The fraction of sp³-hybridized carbons (Fsp3) is 0.385. The van der Waals surface area contributed by atoms with E-state index in [2.05, 4.69) is 16.0 Å². The summed E-state index contributed by atoms with van der Waals surface area (Å²) >= 11 is 0. The van der Waals surface area contributed by atoms with E-state index in [1.807, 2.05) is 6.92 Å². The molecule has 0 bridgehead atoms. The second-order valence-corrected chi connectivity index (χ2v) is 3.97. The molecule has 0 unspecified atom stereocenters. The van der Waals surface area contributed by atoms with E-state index in [9.17, 15) is 9.59 Å². The van der Waals surface area contributed by atoms with Crippen LogP contribution < -0.4 is 16.0 Å². The van der Waals surface area contributed by atoms with E-state index in [-0.39, 0.29) is 11.6 Å². The van der Waals surface area contributed by atoms with Crippen LogP contribution in [0, 0.1) is 0 Å². The minimum absolute atomic E-state index is 0.191. The maximum absolute atomic E-state index is 11.5. The number of urea groups is 1. The smallest absolute Gasteiger partial charge is 0.335 e. The maximum atomic E-state index is 11.5. The molecule has 4 N–H and O–H groups in total. The second kappa shape index (κ2) is 8.10. The Kier molecular flexibility index (Phi) is 6.38. The van der Waals surface area contributed by atoms with Crippen LogP contribution in [0.1, 0.15) is 23.7 Å². The highest BCUT2D eigenvalue weighted by Gasteiger charge is 2.03. The first-order chi connectivity index (χ1) is 9.13. The second-order valence-electron chi connectivity index (χ2n) is 3.97. The lowest BCUT2D eigenvalue weighted by Crippen LogP contribution is -2.31. The van der Waals surface area contributed by atoms with Gasteiger partial charge in [0.25, 0.3) is 0 Å². The Hall–Kier alpha value is -2.08. The van der Waals surface area contributed by atoms with E-state index in [0.29, 0.717) is 12.2 Å². The Morgan fingerprint density at radius 1 is 1.16 bits per heavy atom. The summed E-state index contributed by atoms with van der Waals surface area (Å²) in [6.45, 7) is 4.40. The highest BCUT2D eigenvalue weighted by molar-refractivity contribution is 5.91. The zero-order chi connectivity index (χ0) is 14.1. The van der Waals surface area contributed by atoms with Gasteiger partial charge in [0, 0.05) is 12.2 Å². The van der Waals surface area contributed by atoms with Crippen molar-refractivity contribution in [3.05, 3.63) is 29.8 Å². The summed E-state index contributed by atoms with van der Waals surface area (Å²) in [5.41, 5.74) is 0.755. The summed E-state index contributed by atoms with van der Waals surface area (Å²) in [6.07, 6.45) is 0.860. The van der Waals surface area contributed by atoms with Crippen LogP contribution in [-0.4, -0.2) is 36.7 Å². The molecule has 0 aliphatic rings. The van der Waals surface area contributed by atoms with Crippen LogP contribution in [0.5, 0.6) is 0 Å². The van der Waals surface area contributed by atoms with Gasteiger partial charge in [0.2, 0.25) is 0 Å². The summed E-state index contributed by atoms with van der Waals surface area (Å²) in [7, 11) is 0. The molecule has 0 atom stereocenters. The van der Waals surface area contributed by atoms with Gasteiger partial charge in [0.05, 0.1) is 5.56 Å². The van der Waals surface area contributed by atoms with Crippen molar-refractivity contribution < 1.29 is 14.7 Å². The summed E-state index contributed by atoms with van der Waals surface area (Å²) in [4.78, 5) is 22.2. The number of carboxylic acids is 1. The van der Waals surface area contributed by atoms with Gasteiger partial charge >= 0.3 is 12.0 Å². The van der Waals surface area contributed by atoms with Crippen molar-refractivity contribution in [3.63, 3.8) is 0 Å². The van der Waals surface area contributed by atoms with Crippen LogP contribution in [0.3, 0.4) is 0 Å². The monoisotopic (exact) mass is 265 g/mol. The molecule has 104 valence electrons. The molecule has 6 nitrogen and oxygen atoms in total. The third-order valence-corrected chi connectivity index (χ3v) is 2.46. The molecule has 0 heterocycles. The van der Waals surface area contributed by atoms with Gasteiger partial charge < -0.3 is 21.1 Å². The summed E-state index contributed by atoms with van der Waals surface area (Å²) in [5.74, 6) is -0.987. The molecule has 19 heavy (non-hydrogen) atoms. The first kappa shape index (κ1) is 15.0. The predicted octanol–water partition coefficient (Wildman–Crippen LogP) is 1.51. The van der Waals surface area contributed by atoms with Crippen LogP contribution in [0.2, 0.25) is 0 Å². The Bertz CT molecular complexity index is 418. The van der Waals surface area contributed by atoms with Crippen molar-refractivity contribution in [2.45, 2.75) is 13.3 Å². The summed E-state index contributed by atoms with van der Waals surface area (Å²) in [5, 5.41) is 17.3. The highest BCUT2D eigenvalue weighted by Crippen LogP contribution is 2.09. The van der Waals surface area contributed by atoms with E-state index >= 15 is 0 Å². The normalized spacial score (nSPS) is 9.95. The van der Waals surface area contributed by atoms with Crippen molar-refractivity contribution in [1.82, 2.24) is 10.6 Å². The standard InChI is InChI=1S/C13H19N3O3/c1-2-14-8-3-9-15-13(19)16-11-6-4-10(5-7-11)12(17)18/h4-7,14H,2-3,8-9H2,1H3,(H,17,18)(H2,15,16,19). The first-order valence-corrected chi connectivity index (χ1v) is 6.22. The fourth-order valence-electron chi connectivity index (χ4n) is 1.46. The number of hydrogen-bond donors (Lipinski definition) is 4. The lowest BCUT2D eigenvalue weighted by atomic mass is 10.2. The first-order valence-electron chi connectivity index (χ1n) is 6.22. The third kappa shape index (κ3) is 5.87. The van der Waals surface area contributed by atoms with Gasteiger partial charge in [-0.1, -0.05) is 6.92 Å². The number of amides is 2. The van der Waals surface area contributed by atoms with Crippen molar-refractivity contribution in [3.8, 4) is 0 Å². The fourth-order valence-corrected chi connectivity index (χ4v) is 1.46. The number of nitrogens with one attached hydrogen (secondary N) is 3. The molecule has 0 fully saturated rings. The number of hydrogen-bond acceptors (Lipinski definition) is 3. The molecule has 1 aromatic rings. The molecule has 0 saturated heterocycles. The molecule has 0 spiro atoms. The van der Waals surface area contributed by atoms with Crippen LogP contribution in [0.15, 0.2) is 24.3 Å². The van der Waals surface area contributed by atoms with E-state index in [1.54, 1.807) is 12.1 Å². The van der Waals surface area contributed by atoms with Crippen LogP contribution in [0.4, 0.5) is 10.5 Å². The van der Waals surface area contributed by atoms with E-state index < -0.39 is 5.97 Å². The highest BCUT2D eigenvalue weighted by atomic mass is 16.4. The van der Waals surface area contributed by atoms with Crippen LogP contribution >= 0.6 is 0 Å². The van der Waals surface area contributed by atoms with E-state index in [1.165, 1.54) is 12.1 Å². The van der Waals surface area contributed by atoms with Gasteiger partial charge in [-0.05, 0) is 43.8 Å². The van der Waals surface area contributed by atoms with Crippen molar-refractivity contribution in [2.24, 2.45) is 0 Å². The lowest BCUT2D eigenvalue weighted by Gasteiger charge is -2.08. The number of carbonyl (C=O) groups excluding carboxylic acids is 1. The summed E-state index contributed by atoms with van der Waals surface area (Å²) in [6, 6.07) is 5.72. The molecule has 0 saturated carbocycles. The number of anilines is 1. The number of benzene rings is 1. The van der Waals surface area contributed by atoms with Gasteiger partial charge in [0.1, 0.15) is 0 Å². The topological polar surface area (TPSA) is 90.5 Å². The zero-order valence-corrected chi connectivity index (χ0v) is 10.9. The van der Waals surface area contributed by atoms with Gasteiger partial charge in [0.15, 0.2) is 0 Å². The van der Waals surface area contributed by atoms with Gasteiger partial charge in [-0.25, -0.2) is 9.59 Å². The largest absolute Gasteiger partial charge is 0.478 e. The lowest BCUT2D eigenvalue weighted by molar-refractivity contribution is 0.0697. The average molecular weight is 265 g/mol. The van der Waals surface area contributed by atoms with Gasteiger partial charge in [-0.3, -0.25) is 0 Å². The predicted molar refractivity (Wildman–Crippen MR) is 73.6 cm³/mol. The molecule has 0 aromatic heterocycles. The minimum Gasteiger partial charge on any atom is -0.478 e. The third-order valence-electron chi connectivity index (χ3n) is 2.46. The Morgan fingerprint density at radius 3 is 2.42 bits per heavy atom. The molecule has 0 aliphatic heterocycles. The molecule has 1 aromatic carbocycles. The molecular weight excluding hydrogens is 246 g/mol. The van der Waals surface area contributed by atoms with Crippen LogP contribution in [0.25, 0.3) is 0 Å².